The van der Waals surface area contributed by atoms with Gasteiger partial charge in [-0.3, -0.25) is 0 Å². The Hall–Kier alpha value is -0.430. The number of nitrogens with zero attached hydrogens (tertiary/aromatic N) is 1. The van der Waals surface area contributed by atoms with E-state index in [1.807, 2.05) is 0 Å². The molecule has 1 saturated heterocycles. The summed E-state index contributed by atoms with van der Waals surface area (Å²) in [6, 6.07) is 6.70. The van der Waals surface area contributed by atoms with Crippen molar-refractivity contribution in [1.82, 2.24) is 9.62 Å². The van der Waals surface area contributed by atoms with Crippen LogP contribution in [0.15, 0.2) is 33.6 Å². The number of hydrogen-bond donors (Lipinski definition) is 1. The molecule has 1 atom stereocenters. The Morgan fingerprint density at radius 2 is 2.05 bits per heavy atom. The smallest absolute Gasteiger partial charge is 0.240 e. The van der Waals surface area contributed by atoms with E-state index in [1.54, 1.807) is 24.3 Å². The van der Waals surface area contributed by atoms with Crippen molar-refractivity contribution in [2.45, 2.75) is 31.1 Å². The molecule has 1 fully saturated rings. The van der Waals surface area contributed by atoms with Gasteiger partial charge in [-0.05, 0) is 62.5 Å². The molecule has 1 N–H and O–H groups in total. The van der Waals surface area contributed by atoms with Crippen LogP contribution in [-0.4, -0.2) is 39.5 Å². The van der Waals surface area contributed by atoms with E-state index in [0.29, 0.717) is 11.4 Å². The van der Waals surface area contributed by atoms with Gasteiger partial charge in [0.1, 0.15) is 0 Å². The summed E-state index contributed by atoms with van der Waals surface area (Å²) >= 11 is 3.30. The third-order valence-corrected chi connectivity index (χ3v) is 5.81. The molecule has 1 heterocycles. The van der Waals surface area contributed by atoms with Gasteiger partial charge in [-0.15, -0.1) is 0 Å². The van der Waals surface area contributed by atoms with Crippen molar-refractivity contribution in [3.05, 3.63) is 28.7 Å². The number of nitrogens with one attached hydrogen (secondary N) is 1. The molecule has 0 aromatic heterocycles. The zero-order chi connectivity index (χ0) is 15.3. The van der Waals surface area contributed by atoms with Crippen molar-refractivity contribution in [3.8, 4) is 0 Å². The number of likely N-dealkylation sites (tertiary alicyclic amines) is 1. The van der Waals surface area contributed by atoms with Crippen LogP contribution in [0.2, 0.25) is 0 Å². The van der Waals surface area contributed by atoms with Gasteiger partial charge < -0.3 is 4.90 Å². The Labute approximate surface area is 136 Å². The third-order valence-electron chi connectivity index (χ3n) is 3.81. The molecule has 0 radical (unpaired) electrons. The predicted octanol–water partition coefficient (Wildman–Crippen LogP) is 2.85. The molecule has 4 nitrogen and oxygen atoms in total. The van der Waals surface area contributed by atoms with Crippen molar-refractivity contribution >= 4 is 26.0 Å². The fourth-order valence-corrected chi connectivity index (χ4v) is 4.03. The van der Waals surface area contributed by atoms with Crippen LogP contribution in [0.4, 0.5) is 0 Å². The number of benzene rings is 1. The topological polar surface area (TPSA) is 49.4 Å². The van der Waals surface area contributed by atoms with Crippen molar-refractivity contribution in [1.29, 1.82) is 0 Å². The minimum Gasteiger partial charge on any atom is -0.303 e. The Morgan fingerprint density at radius 3 is 2.71 bits per heavy atom. The van der Waals surface area contributed by atoms with Crippen molar-refractivity contribution < 1.29 is 8.42 Å². The van der Waals surface area contributed by atoms with Crippen LogP contribution in [0.5, 0.6) is 0 Å². The largest absolute Gasteiger partial charge is 0.303 e. The van der Waals surface area contributed by atoms with Crippen molar-refractivity contribution in [3.63, 3.8) is 0 Å². The highest BCUT2D eigenvalue weighted by Crippen LogP contribution is 2.16. The quantitative estimate of drug-likeness (QED) is 0.778. The van der Waals surface area contributed by atoms with E-state index in [4.69, 9.17) is 0 Å². The van der Waals surface area contributed by atoms with Gasteiger partial charge in [0.25, 0.3) is 0 Å². The Balaban J connectivity index is 1.76. The van der Waals surface area contributed by atoms with E-state index in [9.17, 15) is 8.42 Å². The molecular weight excluding hydrogens is 352 g/mol. The number of sulfonamides is 1. The summed E-state index contributed by atoms with van der Waals surface area (Å²) in [7, 11) is -3.38. The standard InChI is InChI=1S/C15H23BrN2O2S/c1-13-4-2-10-18(12-13)11-3-9-17-21(19,20)15-7-5-14(16)6-8-15/h5-8,13,17H,2-4,9-12H2,1H3/t13-/m0/s1. The van der Waals surface area contributed by atoms with Crippen LogP contribution in [0, 0.1) is 5.92 Å². The molecule has 1 aliphatic heterocycles. The molecule has 118 valence electrons. The number of piperidine rings is 1. The summed E-state index contributed by atoms with van der Waals surface area (Å²) in [5.41, 5.74) is 0. The molecule has 0 bridgehead atoms. The highest BCUT2D eigenvalue weighted by Gasteiger charge is 2.16. The van der Waals surface area contributed by atoms with Crippen molar-refractivity contribution in [2.24, 2.45) is 5.92 Å². The van der Waals surface area contributed by atoms with Gasteiger partial charge in [-0.1, -0.05) is 22.9 Å². The SMILES string of the molecule is C[C@H]1CCCN(CCCNS(=O)(=O)c2ccc(Br)cc2)C1. The lowest BCUT2D eigenvalue weighted by atomic mass is 10.0. The van der Waals surface area contributed by atoms with E-state index in [2.05, 4.69) is 32.5 Å². The van der Waals surface area contributed by atoms with Crippen LogP contribution in [0.25, 0.3) is 0 Å². The van der Waals surface area contributed by atoms with Crippen LogP contribution >= 0.6 is 15.9 Å². The lowest BCUT2D eigenvalue weighted by Gasteiger charge is -2.30. The second-order valence-corrected chi connectivity index (χ2v) is 8.44. The molecule has 21 heavy (non-hydrogen) atoms. The minimum atomic E-state index is -3.38. The molecule has 0 saturated carbocycles. The Morgan fingerprint density at radius 1 is 1.33 bits per heavy atom. The first-order chi connectivity index (χ1) is 9.97. The van der Waals surface area contributed by atoms with Gasteiger partial charge in [0.2, 0.25) is 10.0 Å². The van der Waals surface area contributed by atoms with Crippen LogP contribution < -0.4 is 4.72 Å². The normalized spacial score (nSPS) is 20.6. The summed E-state index contributed by atoms with van der Waals surface area (Å²) in [6.45, 7) is 6.02. The summed E-state index contributed by atoms with van der Waals surface area (Å²) in [5.74, 6) is 0.762. The van der Waals surface area contributed by atoms with E-state index >= 15 is 0 Å². The number of hydrogen-bond acceptors (Lipinski definition) is 3. The molecular formula is C15H23BrN2O2S. The first kappa shape index (κ1) is 16.9. The molecule has 0 spiro atoms. The number of rotatable bonds is 6. The van der Waals surface area contributed by atoms with Crippen LogP contribution in [-0.2, 0) is 10.0 Å². The number of halogens is 1. The lowest BCUT2D eigenvalue weighted by Crippen LogP contribution is -2.36. The maximum Gasteiger partial charge on any atom is 0.240 e. The predicted molar refractivity (Wildman–Crippen MR) is 88.8 cm³/mol. The van der Waals surface area contributed by atoms with E-state index in [1.165, 1.54) is 12.8 Å². The molecule has 0 aliphatic carbocycles. The zero-order valence-corrected chi connectivity index (χ0v) is 14.8. The molecule has 1 aromatic carbocycles. The fourth-order valence-electron chi connectivity index (χ4n) is 2.70. The van der Waals surface area contributed by atoms with Gasteiger partial charge in [-0.2, -0.15) is 0 Å². The van der Waals surface area contributed by atoms with Crippen molar-refractivity contribution in [2.75, 3.05) is 26.2 Å². The maximum atomic E-state index is 12.1. The average Bonchev–Trinajstić information content (AvgIpc) is 2.44. The van der Waals surface area contributed by atoms with Crippen LogP contribution in [0.3, 0.4) is 0 Å². The van der Waals surface area contributed by atoms with Gasteiger partial charge in [0, 0.05) is 17.6 Å². The highest BCUT2D eigenvalue weighted by atomic mass is 79.9. The van der Waals surface area contributed by atoms with Gasteiger partial charge in [0.05, 0.1) is 4.90 Å². The monoisotopic (exact) mass is 374 g/mol. The van der Waals surface area contributed by atoms with E-state index in [-0.39, 0.29) is 0 Å². The van der Waals surface area contributed by atoms with Crippen LogP contribution in [0.1, 0.15) is 26.2 Å². The van der Waals surface area contributed by atoms with Gasteiger partial charge in [0.15, 0.2) is 0 Å². The molecule has 0 amide bonds. The second-order valence-electron chi connectivity index (χ2n) is 5.75. The zero-order valence-electron chi connectivity index (χ0n) is 12.4. The summed E-state index contributed by atoms with van der Waals surface area (Å²) in [4.78, 5) is 2.75. The highest BCUT2D eigenvalue weighted by molar-refractivity contribution is 9.10. The first-order valence-electron chi connectivity index (χ1n) is 7.45. The summed E-state index contributed by atoms with van der Waals surface area (Å²) < 4.78 is 27.8. The summed E-state index contributed by atoms with van der Waals surface area (Å²) in [5, 5.41) is 0. The van der Waals surface area contributed by atoms with E-state index in [0.717, 1.165) is 36.4 Å². The molecule has 1 aliphatic rings. The molecule has 6 heteroatoms. The molecule has 1 aromatic rings. The lowest BCUT2D eigenvalue weighted by molar-refractivity contribution is 0.182. The maximum absolute atomic E-state index is 12.1. The summed E-state index contributed by atoms with van der Waals surface area (Å²) in [6.07, 6.45) is 3.42. The van der Waals surface area contributed by atoms with E-state index < -0.39 is 10.0 Å². The Bertz CT molecular complexity index is 545. The van der Waals surface area contributed by atoms with Gasteiger partial charge in [-0.25, -0.2) is 13.1 Å². The van der Waals surface area contributed by atoms with Gasteiger partial charge >= 0.3 is 0 Å². The minimum absolute atomic E-state index is 0.317. The first-order valence-corrected chi connectivity index (χ1v) is 9.72. The second kappa shape index (κ2) is 7.72. The Kier molecular flexibility index (Phi) is 6.22. The average molecular weight is 375 g/mol. The third kappa shape index (κ3) is 5.36. The molecule has 2 rings (SSSR count). The fraction of sp³-hybridized carbons (Fsp3) is 0.600. The molecule has 0 unspecified atom stereocenters.